The van der Waals surface area contributed by atoms with E-state index in [1.807, 2.05) is 17.7 Å². The molecule has 0 unspecified atom stereocenters. The smallest absolute Gasteiger partial charge is 0.309 e. The van der Waals surface area contributed by atoms with Crippen LogP contribution < -0.4 is 11.2 Å². The average Bonchev–Trinajstić information content (AvgIpc) is 2.94. The van der Waals surface area contributed by atoms with Crippen LogP contribution in [-0.4, -0.2) is 24.9 Å². The molecule has 24 heavy (non-hydrogen) atoms. The SMILES string of the molecule is C=CCn1c(SC)nc2c1c(=O)n(CCCC)c(=O)n2CCCC. The second kappa shape index (κ2) is 8.37. The monoisotopic (exact) mass is 350 g/mol. The van der Waals surface area contributed by atoms with E-state index in [0.29, 0.717) is 30.8 Å². The summed E-state index contributed by atoms with van der Waals surface area (Å²) < 4.78 is 4.89. The number of aromatic nitrogens is 4. The van der Waals surface area contributed by atoms with Gasteiger partial charge in [0.05, 0.1) is 0 Å². The first-order valence-electron chi connectivity index (χ1n) is 8.49. The van der Waals surface area contributed by atoms with Crippen LogP contribution in [0, 0.1) is 0 Å². The maximum Gasteiger partial charge on any atom is 0.332 e. The van der Waals surface area contributed by atoms with Gasteiger partial charge in [-0.05, 0) is 19.1 Å². The zero-order valence-electron chi connectivity index (χ0n) is 14.7. The van der Waals surface area contributed by atoms with Gasteiger partial charge in [-0.1, -0.05) is 44.5 Å². The van der Waals surface area contributed by atoms with Crippen molar-refractivity contribution < 1.29 is 0 Å². The molecule has 0 aliphatic carbocycles. The van der Waals surface area contributed by atoms with E-state index in [1.165, 1.54) is 16.3 Å². The lowest BCUT2D eigenvalue weighted by Crippen LogP contribution is -2.40. The highest BCUT2D eigenvalue weighted by Crippen LogP contribution is 2.20. The van der Waals surface area contributed by atoms with Gasteiger partial charge in [0.2, 0.25) is 0 Å². The highest BCUT2D eigenvalue weighted by molar-refractivity contribution is 7.98. The molecule has 2 heterocycles. The third-order valence-corrected chi connectivity index (χ3v) is 4.72. The van der Waals surface area contributed by atoms with E-state index >= 15 is 0 Å². The van der Waals surface area contributed by atoms with E-state index < -0.39 is 0 Å². The quantitative estimate of drug-likeness (QED) is 0.515. The fraction of sp³-hybridized carbons (Fsp3) is 0.588. The molecule has 0 bridgehead atoms. The Kier molecular flexibility index (Phi) is 6.48. The predicted molar refractivity (Wildman–Crippen MR) is 100 cm³/mol. The fourth-order valence-corrected chi connectivity index (χ4v) is 3.32. The maximum atomic E-state index is 13.0. The molecule has 0 saturated carbocycles. The van der Waals surface area contributed by atoms with Crippen molar-refractivity contribution >= 4 is 22.9 Å². The van der Waals surface area contributed by atoms with Crippen molar-refractivity contribution in [2.24, 2.45) is 0 Å². The normalized spacial score (nSPS) is 11.3. The van der Waals surface area contributed by atoms with Gasteiger partial charge in [-0.2, -0.15) is 0 Å². The molecule has 2 rings (SSSR count). The highest BCUT2D eigenvalue weighted by atomic mass is 32.2. The summed E-state index contributed by atoms with van der Waals surface area (Å²) >= 11 is 1.47. The Bertz CT molecular complexity index is 832. The lowest BCUT2D eigenvalue weighted by molar-refractivity contribution is 0.529. The second-order valence-electron chi connectivity index (χ2n) is 5.77. The highest BCUT2D eigenvalue weighted by Gasteiger charge is 2.20. The van der Waals surface area contributed by atoms with Gasteiger partial charge in [-0.25, -0.2) is 9.78 Å². The van der Waals surface area contributed by atoms with Gasteiger partial charge in [0.1, 0.15) is 0 Å². The average molecular weight is 350 g/mol. The van der Waals surface area contributed by atoms with Crippen LogP contribution in [0.25, 0.3) is 11.2 Å². The number of thioether (sulfide) groups is 1. The summed E-state index contributed by atoms with van der Waals surface area (Å²) in [5.41, 5.74) is 0.514. The van der Waals surface area contributed by atoms with Crippen molar-refractivity contribution in [1.82, 2.24) is 18.7 Å². The number of hydrogen-bond acceptors (Lipinski definition) is 4. The van der Waals surface area contributed by atoms with Crippen molar-refractivity contribution in [3.63, 3.8) is 0 Å². The standard InChI is InChI=1S/C17H26N4O2S/c1-5-8-11-20-14-13(19(10-7-3)16(18-14)24-4)15(22)21(17(20)23)12-9-6-2/h7H,3,5-6,8-12H2,1-2,4H3. The zero-order chi connectivity index (χ0) is 17.7. The molecule has 132 valence electrons. The van der Waals surface area contributed by atoms with E-state index in [-0.39, 0.29) is 11.2 Å². The van der Waals surface area contributed by atoms with Crippen molar-refractivity contribution in [2.45, 2.75) is 64.3 Å². The Morgan fingerprint density at radius 1 is 1.08 bits per heavy atom. The summed E-state index contributed by atoms with van der Waals surface area (Å²) in [5.74, 6) is 0. The van der Waals surface area contributed by atoms with E-state index in [0.717, 1.165) is 30.8 Å². The second-order valence-corrected chi connectivity index (χ2v) is 6.54. The Labute approximate surface area is 146 Å². The molecule has 0 spiro atoms. The van der Waals surface area contributed by atoms with Gasteiger partial charge < -0.3 is 4.57 Å². The maximum absolute atomic E-state index is 13.0. The topological polar surface area (TPSA) is 61.8 Å². The molecule has 6 nitrogen and oxygen atoms in total. The van der Waals surface area contributed by atoms with Crippen LogP contribution in [0.15, 0.2) is 27.4 Å². The predicted octanol–water partition coefficient (Wildman–Crippen LogP) is 2.87. The van der Waals surface area contributed by atoms with Gasteiger partial charge in [0, 0.05) is 19.6 Å². The molecule has 0 fully saturated rings. The van der Waals surface area contributed by atoms with Gasteiger partial charge in [-0.3, -0.25) is 13.9 Å². The summed E-state index contributed by atoms with van der Waals surface area (Å²) in [5, 5.41) is 0.736. The Morgan fingerprint density at radius 2 is 1.71 bits per heavy atom. The molecule has 7 heteroatoms. The van der Waals surface area contributed by atoms with Crippen LogP contribution >= 0.6 is 11.8 Å². The van der Waals surface area contributed by atoms with Crippen molar-refractivity contribution in [3.05, 3.63) is 33.5 Å². The molecule has 0 N–H and O–H groups in total. The number of hydrogen-bond donors (Lipinski definition) is 0. The van der Waals surface area contributed by atoms with Crippen LogP contribution in [0.5, 0.6) is 0 Å². The van der Waals surface area contributed by atoms with Crippen molar-refractivity contribution in [2.75, 3.05) is 6.26 Å². The van der Waals surface area contributed by atoms with Gasteiger partial charge in [0.15, 0.2) is 16.3 Å². The third-order valence-electron chi connectivity index (χ3n) is 4.04. The van der Waals surface area contributed by atoms with Crippen molar-refractivity contribution in [3.8, 4) is 0 Å². The molecule has 0 aliphatic rings. The number of unbranched alkanes of at least 4 members (excludes halogenated alkanes) is 2. The molecule has 0 aliphatic heterocycles. The molecule has 0 atom stereocenters. The molecule has 2 aromatic rings. The van der Waals surface area contributed by atoms with Crippen LogP contribution in [0.1, 0.15) is 39.5 Å². The summed E-state index contributed by atoms with van der Waals surface area (Å²) in [4.78, 5) is 30.4. The number of nitrogens with zero attached hydrogens (tertiary/aromatic N) is 4. The number of allylic oxidation sites excluding steroid dienone is 1. The van der Waals surface area contributed by atoms with Crippen LogP contribution in [0.2, 0.25) is 0 Å². The Morgan fingerprint density at radius 3 is 2.25 bits per heavy atom. The Balaban J connectivity index is 2.83. The first kappa shape index (κ1) is 18.6. The summed E-state index contributed by atoms with van der Waals surface area (Å²) in [6.07, 6.45) is 7.26. The lowest BCUT2D eigenvalue weighted by atomic mass is 10.3. The first-order valence-corrected chi connectivity index (χ1v) is 9.71. The minimum absolute atomic E-state index is 0.245. The minimum atomic E-state index is -0.245. The fourth-order valence-electron chi connectivity index (χ4n) is 2.76. The molecule has 0 saturated heterocycles. The van der Waals surface area contributed by atoms with Gasteiger partial charge >= 0.3 is 5.69 Å². The largest absolute Gasteiger partial charge is 0.332 e. The van der Waals surface area contributed by atoms with E-state index in [2.05, 4.69) is 18.5 Å². The number of imidazole rings is 1. The van der Waals surface area contributed by atoms with Gasteiger partial charge in [0.25, 0.3) is 5.56 Å². The molecule has 0 radical (unpaired) electrons. The molecule has 0 amide bonds. The number of aryl methyl sites for hydroxylation is 1. The summed E-state index contributed by atoms with van der Waals surface area (Å²) in [7, 11) is 0. The van der Waals surface area contributed by atoms with Crippen LogP contribution in [0.4, 0.5) is 0 Å². The van der Waals surface area contributed by atoms with E-state index in [1.54, 1.807) is 10.6 Å². The van der Waals surface area contributed by atoms with Crippen LogP contribution in [-0.2, 0) is 19.6 Å². The molecular formula is C17H26N4O2S. The van der Waals surface area contributed by atoms with Gasteiger partial charge in [-0.15, -0.1) is 6.58 Å². The minimum Gasteiger partial charge on any atom is -0.309 e. The summed E-state index contributed by atoms with van der Waals surface area (Å²) in [6, 6.07) is 0. The van der Waals surface area contributed by atoms with Crippen LogP contribution in [0.3, 0.4) is 0 Å². The van der Waals surface area contributed by atoms with Crippen molar-refractivity contribution in [1.29, 1.82) is 0 Å². The zero-order valence-corrected chi connectivity index (χ0v) is 15.6. The number of rotatable bonds is 9. The summed E-state index contributed by atoms with van der Waals surface area (Å²) in [6.45, 7) is 9.44. The first-order chi connectivity index (χ1) is 11.6. The van der Waals surface area contributed by atoms with E-state index in [9.17, 15) is 9.59 Å². The molecule has 2 aromatic heterocycles. The molecule has 0 aromatic carbocycles. The number of fused-ring (bicyclic) bond motifs is 1. The third kappa shape index (κ3) is 3.36. The molecular weight excluding hydrogens is 324 g/mol. The lowest BCUT2D eigenvalue weighted by Gasteiger charge is -2.11. The van der Waals surface area contributed by atoms with E-state index in [4.69, 9.17) is 0 Å². The Hall–Kier alpha value is -1.76.